The molecule has 0 radical (unpaired) electrons. The summed E-state index contributed by atoms with van der Waals surface area (Å²) < 4.78 is 38.1. The van der Waals surface area contributed by atoms with Crippen LogP contribution in [0.3, 0.4) is 0 Å². The molecule has 0 spiro atoms. The Hall–Kier alpha value is -2.45. The van der Waals surface area contributed by atoms with E-state index in [4.69, 9.17) is 5.11 Å². The zero-order valence-electron chi connectivity index (χ0n) is 14.6. The molecule has 0 saturated carbocycles. The van der Waals surface area contributed by atoms with E-state index in [2.05, 4.69) is 5.32 Å². The van der Waals surface area contributed by atoms with E-state index in [1.54, 1.807) is 4.90 Å². The highest BCUT2D eigenvalue weighted by molar-refractivity contribution is 7.91. The third kappa shape index (κ3) is 4.28. The van der Waals surface area contributed by atoms with Crippen LogP contribution >= 0.6 is 0 Å². The molecular formula is C19H21FN2O4S. The minimum atomic E-state index is -3.75. The van der Waals surface area contributed by atoms with Gasteiger partial charge in [0.05, 0.1) is 9.79 Å². The highest BCUT2D eigenvalue weighted by Crippen LogP contribution is 2.24. The number of likely N-dealkylation sites (tertiary alicyclic amines) is 1. The van der Waals surface area contributed by atoms with Gasteiger partial charge in [0.1, 0.15) is 5.82 Å². The lowest BCUT2D eigenvalue weighted by Crippen LogP contribution is -2.39. The molecule has 1 saturated heterocycles. The first-order valence-electron chi connectivity index (χ1n) is 8.71. The van der Waals surface area contributed by atoms with E-state index in [9.17, 15) is 17.6 Å². The normalized spacial score (nSPS) is 17.1. The smallest absolute Gasteiger partial charge is 0.322 e. The van der Waals surface area contributed by atoms with Crippen molar-refractivity contribution in [1.82, 2.24) is 4.90 Å². The Balaban J connectivity index is 1.72. The third-order valence-electron chi connectivity index (χ3n) is 4.64. The number of rotatable bonds is 5. The first-order chi connectivity index (χ1) is 12.9. The van der Waals surface area contributed by atoms with Crippen LogP contribution in [-0.4, -0.2) is 43.6 Å². The summed E-state index contributed by atoms with van der Waals surface area (Å²) in [7, 11) is -3.75. The second-order valence-electron chi connectivity index (χ2n) is 6.41. The quantitative estimate of drug-likeness (QED) is 0.766. The van der Waals surface area contributed by atoms with Crippen LogP contribution in [0, 0.1) is 5.82 Å². The molecule has 1 aliphatic heterocycles. The standard InChI is InChI=1S/C19H21FN2O4S/c20-14-3-7-17(8-4-14)27(25,26)18-9-5-15(6-10-18)21-19(24)22-12-1-2-16(22)11-13-23/h3-10,16,23H,1-2,11-13H2,(H,21,24). The van der Waals surface area contributed by atoms with Crippen LogP contribution in [0.5, 0.6) is 0 Å². The Bertz CT molecular complexity index is 898. The van der Waals surface area contributed by atoms with Gasteiger partial charge in [0.25, 0.3) is 0 Å². The van der Waals surface area contributed by atoms with E-state index in [0.717, 1.165) is 25.0 Å². The van der Waals surface area contributed by atoms with Gasteiger partial charge < -0.3 is 15.3 Å². The van der Waals surface area contributed by atoms with Crippen LogP contribution in [0.1, 0.15) is 19.3 Å². The summed E-state index contributed by atoms with van der Waals surface area (Å²) >= 11 is 0. The molecule has 144 valence electrons. The molecule has 0 aliphatic carbocycles. The van der Waals surface area contributed by atoms with Crippen molar-refractivity contribution in [3.8, 4) is 0 Å². The summed E-state index contributed by atoms with van der Waals surface area (Å²) in [6.45, 7) is 0.665. The van der Waals surface area contributed by atoms with E-state index in [1.807, 2.05) is 0 Å². The lowest BCUT2D eigenvalue weighted by atomic mass is 10.1. The van der Waals surface area contributed by atoms with Crippen molar-refractivity contribution in [3.63, 3.8) is 0 Å². The van der Waals surface area contributed by atoms with Crippen molar-refractivity contribution in [3.05, 3.63) is 54.3 Å². The molecule has 1 unspecified atom stereocenters. The molecule has 2 aromatic carbocycles. The molecule has 27 heavy (non-hydrogen) atoms. The Morgan fingerprint density at radius 3 is 2.30 bits per heavy atom. The Kier molecular flexibility index (Phi) is 5.76. The SMILES string of the molecule is O=C(Nc1ccc(S(=O)(=O)c2ccc(F)cc2)cc1)N1CCCC1CCO. The first kappa shape index (κ1) is 19.3. The Morgan fingerprint density at radius 1 is 1.11 bits per heavy atom. The van der Waals surface area contributed by atoms with E-state index in [1.165, 1.54) is 36.4 Å². The van der Waals surface area contributed by atoms with Gasteiger partial charge in [-0.05, 0) is 67.8 Å². The summed E-state index contributed by atoms with van der Waals surface area (Å²) in [6, 6.07) is 10.2. The zero-order valence-corrected chi connectivity index (χ0v) is 15.5. The third-order valence-corrected chi connectivity index (χ3v) is 6.43. The molecule has 2 aromatic rings. The molecule has 0 bridgehead atoms. The van der Waals surface area contributed by atoms with Crippen molar-refractivity contribution in [1.29, 1.82) is 0 Å². The number of sulfone groups is 1. The molecule has 1 fully saturated rings. The van der Waals surface area contributed by atoms with Gasteiger partial charge in [-0.2, -0.15) is 0 Å². The van der Waals surface area contributed by atoms with Gasteiger partial charge in [0.15, 0.2) is 0 Å². The fourth-order valence-corrected chi connectivity index (χ4v) is 4.48. The van der Waals surface area contributed by atoms with Gasteiger partial charge in [-0.3, -0.25) is 0 Å². The van der Waals surface area contributed by atoms with Crippen molar-refractivity contribution in [2.24, 2.45) is 0 Å². The molecule has 0 aromatic heterocycles. The minimum absolute atomic E-state index is 0.00426. The van der Waals surface area contributed by atoms with Crippen molar-refractivity contribution in [2.75, 3.05) is 18.5 Å². The first-order valence-corrected chi connectivity index (χ1v) is 10.2. The second-order valence-corrected chi connectivity index (χ2v) is 8.36. The van der Waals surface area contributed by atoms with E-state index < -0.39 is 15.7 Å². The number of amides is 2. The van der Waals surface area contributed by atoms with Crippen LogP contribution in [0.4, 0.5) is 14.9 Å². The summed E-state index contributed by atoms with van der Waals surface area (Å²) in [5, 5.41) is 11.9. The molecule has 6 nitrogen and oxygen atoms in total. The highest BCUT2D eigenvalue weighted by atomic mass is 32.2. The van der Waals surface area contributed by atoms with Crippen LogP contribution in [0.15, 0.2) is 58.3 Å². The van der Waals surface area contributed by atoms with Crippen LogP contribution < -0.4 is 5.32 Å². The number of nitrogens with zero attached hydrogens (tertiary/aromatic N) is 1. The van der Waals surface area contributed by atoms with Crippen LogP contribution in [0.25, 0.3) is 0 Å². The number of carbonyl (C=O) groups excluding carboxylic acids is 1. The van der Waals surface area contributed by atoms with Gasteiger partial charge in [-0.15, -0.1) is 0 Å². The Morgan fingerprint density at radius 2 is 1.70 bits per heavy atom. The lowest BCUT2D eigenvalue weighted by molar-refractivity contribution is 0.189. The summed E-state index contributed by atoms with van der Waals surface area (Å²) in [4.78, 5) is 14.2. The largest absolute Gasteiger partial charge is 0.396 e. The van der Waals surface area contributed by atoms with Gasteiger partial charge in [-0.25, -0.2) is 17.6 Å². The Labute approximate surface area is 157 Å². The maximum Gasteiger partial charge on any atom is 0.322 e. The predicted molar refractivity (Wildman–Crippen MR) is 98.7 cm³/mol. The van der Waals surface area contributed by atoms with Crippen LogP contribution in [-0.2, 0) is 9.84 Å². The number of aliphatic hydroxyl groups excluding tert-OH is 1. The fraction of sp³-hybridized carbons (Fsp3) is 0.316. The molecule has 1 atom stereocenters. The zero-order chi connectivity index (χ0) is 19.4. The number of hydrogen-bond acceptors (Lipinski definition) is 4. The average molecular weight is 392 g/mol. The molecular weight excluding hydrogens is 371 g/mol. The van der Waals surface area contributed by atoms with E-state index >= 15 is 0 Å². The number of halogens is 1. The second kappa shape index (κ2) is 8.06. The van der Waals surface area contributed by atoms with Crippen molar-refractivity contribution in [2.45, 2.75) is 35.1 Å². The number of nitrogens with one attached hydrogen (secondary N) is 1. The van der Waals surface area contributed by atoms with Gasteiger partial charge >= 0.3 is 6.03 Å². The molecule has 1 heterocycles. The van der Waals surface area contributed by atoms with Gasteiger partial charge in [0.2, 0.25) is 9.84 Å². The predicted octanol–water partition coefficient (Wildman–Crippen LogP) is 3.04. The van der Waals surface area contributed by atoms with Gasteiger partial charge in [0, 0.05) is 24.9 Å². The number of benzene rings is 2. The molecule has 8 heteroatoms. The molecule has 2 amide bonds. The minimum Gasteiger partial charge on any atom is -0.396 e. The number of urea groups is 1. The summed E-state index contributed by atoms with van der Waals surface area (Å²) in [5.41, 5.74) is 0.479. The molecule has 2 N–H and O–H groups in total. The number of hydrogen-bond donors (Lipinski definition) is 2. The van der Waals surface area contributed by atoms with Crippen LogP contribution in [0.2, 0.25) is 0 Å². The molecule has 1 aliphatic rings. The average Bonchev–Trinajstić information content (AvgIpc) is 3.11. The molecule has 3 rings (SSSR count). The maximum absolute atomic E-state index is 13.0. The number of aliphatic hydroxyl groups is 1. The van der Waals surface area contributed by atoms with E-state index in [-0.39, 0.29) is 28.5 Å². The fourth-order valence-electron chi connectivity index (χ4n) is 3.21. The summed E-state index contributed by atoms with van der Waals surface area (Å²) in [5.74, 6) is -0.506. The van der Waals surface area contributed by atoms with Crippen molar-refractivity contribution < 1.29 is 22.7 Å². The number of anilines is 1. The van der Waals surface area contributed by atoms with Crippen molar-refractivity contribution >= 4 is 21.6 Å². The van der Waals surface area contributed by atoms with E-state index in [0.29, 0.717) is 18.7 Å². The number of carbonyl (C=O) groups is 1. The lowest BCUT2D eigenvalue weighted by Gasteiger charge is -2.24. The monoisotopic (exact) mass is 392 g/mol. The summed E-state index contributed by atoms with van der Waals surface area (Å²) in [6.07, 6.45) is 2.30. The topological polar surface area (TPSA) is 86.7 Å². The highest BCUT2D eigenvalue weighted by Gasteiger charge is 2.28. The van der Waals surface area contributed by atoms with Gasteiger partial charge in [-0.1, -0.05) is 0 Å². The maximum atomic E-state index is 13.0.